The molecule has 3 rings (SSSR count). The fraction of sp³-hybridized carbons (Fsp3) is 0.111. The summed E-state index contributed by atoms with van der Waals surface area (Å²) in [7, 11) is 1.47. The third kappa shape index (κ3) is 2.67. The van der Waals surface area contributed by atoms with Gasteiger partial charge in [0.05, 0.1) is 11.6 Å². The van der Waals surface area contributed by atoms with Crippen LogP contribution in [-0.2, 0) is 9.59 Å². The lowest BCUT2D eigenvalue weighted by atomic mass is 9.95. The molecule has 1 atom stereocenters. The lowest BCUT2D eigenvalue weighted by Gasteiger charge is -2.21. The van der Waals surface area contributed by atoms with Crippen LogP contribution >= 0.6 is 11.6 Å². The first-order valence-electron chi connectivity index (χ1n) is 7.16. The molecule has 1 N–H and O–H groups in total. The molecule has 0 aromatic heterocycles. The van der Waals surface area contributed by atoms with Crippen LogP contribution in [0.3, 0.4) is 0 Å². The van der Waals surface area contributed by atoms with Crippen molar-refractivity contribution in [3.05, 3.63) is 76.1 Å². The highest BCUT2D eigenvalue weighted by Crippen LogP contribution is 2.38. The number of hydrogen-bond acceptors (Lipinski definition) is 3. The Morgan fingerprint density at radius 1 is 1.08 bits per heavy atom. The number of aliphatic hydroxyl groups excluding tert-OH is 1. The molecule has 6 heteroatoms. The van der Waals surface area contributed by atoms with Gasteiger partial charge in [-0.3, -0.25) is 9.59 Å². The number of halogens is 2. The molecular weight excluding hydrogens is 333 g/mol. The van der Waals surface area contributed by atoms with Gasteiger partial charge in [0.2, 0.25) is 0 Å². The number of carbonyl (C=O) groups is 2. The second-order valence-electron chi connectivity index (χ2n) is 5.47. The quantitative estimate of drug-likeness (QED) is 0.514. The first-order valence-corrected chi connectivity index (χ1v) is 7.54. The SMILES string of the molecule is CN1C(=O)C(=O)/C(=C(/O)c2ccc(Cl)cc2)C1c1ccc(F)cc1. The van der Waals surface area contributed by atoms with Crippen LogP contribution in [0.1, 0.15) is 17.2 Å². The minimum Gasteiger partial charge on any atom is -0.507 e. The summed E-state index contributed by atoms with van der Waals surface area (Å²) < 4.78 is 13.2. The maximum absolute atomic E-state index is 13.2. The average molecular weight is 346 g/mol. The Balaban J connectivity index is 2.16. The fourth-order valence-electron chi connectivity index (χ4n) is 2.75. The lowest BCUT2D eigenvalue weighted by molar-refractivity contribution is -0.139. The van der Waals surface area contributed by atoms with Gasteiger partial charge in [-0.2, -0.15) is 0 Å². The average Bonchev–Trinajstić information content (AvgIpc) is 2.80. The van der Waals surface area contributed by atoms with E-state index in [9.17, 15) is 19.1 Å². The van der Waals surface area contributed by atoms with Crippen molar-refractivity contribution in [2.75, 3.05) is 7.05 Å². The van der Waals surface area contributed by atoms with E-state index in [4.69, 9.17) is 11.6 Å². The van der Waals surface area contributed by atoms with Crippen molar-refractivity contribution >= 4 is 29.1 Å². The number of Topliss-reactive ketones (excluding diaryl/α,β-unsaturated/α-hetero) is 1. The van der Waals surface area contributed by atoms with Crippen LogP contribution in [-0.4, -0.2) is 28.7 Å². The van der Waals surface area contributed by atoms with Gasteiger partial charge in [0.15, 0.2) is 0 Å². The first kappa shape index (κ1) is 16.2. The second kappa shape index (κ2) is 6.09. The summed E-state index contributed by atoms with van der Waals surface area (Å²) in [6.07, 6.45) is 0. The molecule has 1 aliphatic heterocycles. The summed E-state index contributed by atoms with van der Waals surface area (Å²) in [4.78, 5) is 25.7. The number of benzene rings is 2. The van der Waals surface area contributed by atoms with Crippen LogP contribution in [0.15, 0.2) is 54.1 Å². The van der Waals surface area contributed by atoms with Gasteiger partial charge in [-0.05, 0) is 42.0 Å². The molecule has 1 fully saturated rings. The maximum Gasteiger partial charge on any atom is 0.295 e. The number of rotatable bonds is 2. The van der Waals surface area contributed by atoms with Gasteiger partial charge < -0.3 is 10.0 Å². The van der Waals surface area contributed by atoms with Crippen molar-refractivity contribution in [1.82, 2.24) is 4.90 Å². The van der Waals surface area contributed by atoms with Gasteiger partial charge in [0.25, 0.3) is 11.7 Å². The van der Waals surface area contributed by atoms with Gasteiger partial charge in [0.1, 0.15) is 11.6 Å². The van der Waals surface area contributed by atoms with E-state index >= 15 is 0 Å². The Morgan fingerprint density at radius 3 is 2.25 bits per heavy atom. The molecule has 24 heavy (non-hydrogen) atoms. The van der Waals surface area contributed by atoms with Gasteiger partial charge >= 0.3 is 0 Å². The summed E-state index contributed by atoms with van der Waals surface area (Å²) in [5.74, 6) is -2.22. The Labute approximate surface area is 142 Å². The van der Waals surface area contributed by atoms with Crippen LogP contribution in [0.5, 0.6) is 0 Å². The molecule has 122 valence electrons. The monoisotopic (exact) mass is 345 g/mol. The predicted molar refractivity (Wildman–Crippen MR) is 87.9 cm³/mol. The molecule has 1 saturated heterocycles. The molecule has 0 spiro atoms. The second-order valence-corrected chi connectivity index (χ2v) is 5.90. The molecule has 2 aromatic carbocycles. The predicted octanol–water partition coefficient (Wildman–Crippen LogP) is 3.53. The zero-order valence-corrected chi connectivity index (χ0v) is 13.4. The van der Waals surface area contributed by atoms with Crippen molar-refractivity contribution in [2.24, 2.45) is 0 Å². The van der Waals surface area contributed by atoms with E-state index in [0.717, 1.165) is 0 Å². The number of hydrogen-bond donors (Lipinski definition) is 1. The molecule has 0 bridgehead atoms. The van der Waals surface area contributed by atoms with E-state index in [1.807, 2.05) is 0 Å². The van der Waals surface area contributed by atoms with E-state index in [1.165, 1.54) is 36.2 Å². The Morgan fingerprint density at radius 2 is 1.67 bits per heavy atom. The number of aliphatic hydroxyl groups is 1. The molecular formula is C18H13ClFNO3. The van der Waals surface area contributed by atoms with Gasteiger partial charge in [-0.1, -0.05) is 23.7 Å². The van der Waals surface area contributed by atoms with Gasteiger partial charge in [-0.25, -0.2) is 4.39 Å². The Bertz CT molecular complexity index is 844. The van der Waals surface area contributed by atoms with Crippen LogP contribution in [0, 0.1) is 5.82 Å². The Hall–Kier alpha value is -2.66. The number of amides is 1. The van der Waals surface area contributed by atoms with Gasteiger partial charge in [-0.15, -0.1) is 0 Å². The highest BCUT2D eigenvalue weighted by Gasteiger charge is 2.44. The molecule has 2 aromatic rings. The number of ketones is 1. The van der Waals surface area contributed by atoms with Crippen molar-refractivity contribution in [2.45, 2.75) is 6.04 Å². The van der Waals surface area contributed by atoms with Gasteiger partial charge in [0, 0.05) is 17.6 Å². The highest BCUT2D eigenvalue weighted by atomic mass is 35.5. The molecule has 1 unspecified atom stereocenters. The van der Waals surface area contributed by atoms with Crippen LogP contribution in [0.4, 0.5) is 4.39 Å². The van der Waals surface area contributed by atoms with Crippen LogP contribution in [0.2, 0.25) is 5.02 Å². The highest BCUT2D eigenvalue weighted by molar-refractivity contribution is 6.46. The van der Waals surface area contributed by atoms with E-state index in [0.29, 0.717) is 16.1 Å². The molecule has 4 nitrogen and oxygen atoms in total. The summed E-state index contributed by atoms with van der Waals surface area (Å²) in [5, 5.41) is 11.1. The summed E-state index contributed by atoms with van der Waals surface area (Å²) >= 11 is 5.83. The standard InChI is InChI=1S/C18H13ClFNO3/c1-21-15(10-4-8-13(20)9-5-10)14(17(23)18(21)24)16(22)11-2-6-12(19)7-3-11/h2-9,15,22H,1H3/b16-14+. The number of likely N-dealkylation sites (tertiary alicyclic amines) is 1. The van der Waals surface area contributed by atoms with Crippen molar-refractivity contribution in [3.8, 4) is 0 Å². The van der Waals surface area contributed by atoms with Crippen LogP contribution < -0.4 is 0 Å². The molecule has 1 amide bonds. The minimum absolute atomic E-state index is 0.0311. The minimum atomic E-state index is -0.778. The molecule has 0 aliphatic carbocycles. The van der Waals surface area contributed by atoms with E-state index in [1.54, 1.807) is 24.3 Å². The zero-order valence-electron chi connectivity index (χ0n) is 12.7. The number of nitrogens with zero attached hydrogens (tertiary/aromatic N) is 1. The summed E-state index contributed by atoms with van der Waals surface area (Å²) in [6, 6.07) is 10.9. The smallest absolute Gasteiger partial charge is 0.295 e. The van der Waals surface area contributed by atoms with Crippen molar-refractivity contribution in [1.29, 1.82) is 0 Å². The Kier molecular flexibility index (Phi) is 4.11. The molecule has 1 heterocycles. The third-order valence-corrected chi connectivity index (χ3v) is 4.23. The van der Waals surface area contributed by atoms with Crippen molar-refractivity contribution in [3.63, 3.8) is 0 Å². The fourth-order valence-corrected chi connectivity index (χ4v) is 2.87. The van der Waals surface area contributed by atoms with E-state index in [-0.39, 0.29) is 11.3 Å². The lowest BCUT2D eigenvalue weighted by Crippen LogP contribution is -2.24. The number of carbonyl (C=O) groups excluding carboxylic acids is 2. The zero-order chi connectivity index (χ0) is 17.4. The topological polar surface area (TPSA) is 57.6 Å². The molecule has 0 radical (unpaired) electrons. The van der Waals surface area contributed by atoms with Crippen molar-refractivity contribution < 1.29 is 19.1 Å². The van der Waals surface area contributed by atoms with Crippen LogP contribution in [0.25, 0.3) is 5.76 Å². The van der Waals surface area contributed by atoms with E-state index < -0.39 is 23.5 Å². The summed E-state index contributed by atoms with van der Waals surface area (Å²) in [6.45, 7) is 0. The normalized spacial score (nSPS) is 19.8. The molecule has 0 saturated carbocycles. The number of likely N-dealkylation sites (N-methyl/N-ethyl adjacent to an activating group) is 1. The maximum atomic E-state index is 13.2. The van der Waals surface area contributed by atoms with E-state index in [2.05, 4.69) is 0 Å². The summed E-state index contributed by atoms with van der Waals surface area (Å²) in [5.41, 5.74) is 0.878. The molecule has 1 aliphatic rings. The first-order chi connectivity index (χ1) is 11.4. The third-order valence-electron chi connectivity index (χ3n) is 3.98. The largest absolute Gasteiger partial charge is 0.507 e.